The van der Waals surface area contributed by atoms with Crippen LogP contribution >= 0.6 is 0 Å². The molecule has 2 amide bonds. The summed E-state index contributed by atoms with van der Waals surface area (Å²) in [5.74, 6) is 0.929. The van der Waals surface area contributed by atoms with Crippen molar-refractivity contribution >= 4 is 11.8 Å². The first-order valence-electron chi connectivity index (χ1n) is 9.54. The second-order valence-corrected chi connectivity index (χ2v) is 7.87. The Bertz CT molecular complexity index is 471. The molecule has 2 atom stereocenters. The highest BCUT2D eigenvalue weighted by Crippen LogP contribution is 2.33. The predicted octanol–water partition coefficient (Wildman–Crippen LogP) is 1.33. The number of nitrogens with zero attached hydrogens (tertiary/aromatic N) is 3. The van der Waals surface area contributed by atoms with Crippen molar-refractivity contribution in [3.63, 3.8) is 0 Å². The normalized spacial score (nSPS) is 32.5. The van der Waals surface area contributed by atoms with E-state index in [1.165, 1.54) is 25.9 Å². The summed E-state index contributed by atoms with van der Waals surface area (Å²) in [5.41, 5.74) is 0. The maximum Gasteiger partial charge on any atom is 0.227 e. The lowest BCUT2D eigenvalue weighted by Crippen LogP contribution is -2.47. The Labute approximate surface area is 139 Å². The van der Waals surface area contributed by atoms with Crippen molar-refractivity contribution in [1.82, 2.24) is 14.7 Å². The lowest BCUT2D eigenvalue weighted by molar-refractivity contribution is -0.140. The van der Waals surface area contributed by atoms with E-state index in [4.69, 9.17) is 0 Å². The number of hydrogen-bond donors (Lipinski definition) is 0. The van der Waals surface area contributed by atoms with E-state index in [1.807, 2.05) is 4.90 Å². The van der Waals surface area contributed by atoms with Gasteiger partial charge in [-0.15, -0.1) is 0 Å². The van der Waals surface area contributed by atoms with Crippen molar-refractivity contribution in [3.8, 4) is 0 Å². The summed E-state index contributed by atoms with van der Waals surface area (Å²) >= 11 is 0. The van der Waals surface area contributed by atoms with Gasteiger partial charge in [0.15, 0.2) is 0 Å². The van der Waals surface area contributed by atoms with Crippen LogP contribution in [0.1, 0.15) is 44.9 Å². The molecule has 5 heteroatoms. The molecular formula is C18H29N3O2. The van der Waals surface area contributed by atoms with E-state index in [9.17, 15) is 9.59 Å². The van der Waals surface area contributed by atoms with E-state index in [0.717, 1.165) is 51.7 Å². The topological polar surface area (TPSA) is 43.9 Å². The van der Waals surface area contributed by atoms with Gasteiger partial charge in [0.25, 0.3) is 0 Å². The van der Waals surface area contributed by atoms with Crippen molar-refractivity contribution in [3.05, 3.63) is 0 Å². The average molecular weight is 319 g/mol. The summed E-state index contributed by atoms with van der Waals surface area (Å²) in [6, 6.07) is 0.578. The van der Waals surface area contributed by atoms with Crippen LogP contribution in [0.25, 0.3) is 0 Å². The van der Waals surface area contributed by atoms with Crippen molar-refractivity contribution < 1.29 is 9.59 Å². The van der Waals surface area contributed by atoms with E-state index < -0.39 is 0 Å². The third-order valence-corrected chi connectivity index (χ3v) is 6.14. The van der Waals surface area contributed by atoms with Gasteiger partial charge in [0.05, 0.1) is 5.92 Å². The molecule has 5 nitrogen and oxygen atoms in total. The molecule has 4 fully saturated rings. The minimum atomic E-state index is 0.0452. The molecule has 4 rings (SSSR count). The quantitative estimate of drug-likeness (QED) is 0.788. The molecule has 0 bridgehead atoms. The number of rotatable bonds is 3. The van der Waals surface area contributed by atoms with Gasteiger partial charge in [-0.2, -0.15) is 0 Å². The van der Waals surface area contributed by atoms with Crippen LogP contribution in [-0.4, -0.2) is 71.8 Å². The Balaban J connectivity index is 1.32. The van der Waals surface area contributed by atoms with Crippen LogP contribution in [0.4, 0.5) is 0 Å². The van der Waals surface area contributed by atoms with E-state index in [-0.39, 0.29) is 11.8 Å². The standard InChI is InChI=1S/C18H29N3O2/c22-17(14-5-6-14)20-10-3-4-15(12-20)18(23)21-11-7-16(13-21)19-8-1-2-9-19/h14-16H,1-13H2. The van der Waals surface area contributed by atoms with Crippen LogP contribution in [0, 0.1) is 11.8 Å². The molecule has 0 aromatic carbocycles. The number of hydrogen-bond acceptors (Lipinski definition) is 3. The first-order valence-corrected chi connectivity index (χ1v) is 9.54. The van der Waals surface area contributed by atoms with Crippen molar-refractivity contribution in [1.29, 1.82) is 0 Å². The summed E-state index contributed by atoms with van der Waals surface area (Å²) in [6.45, 7) is 5.76. The molecule has 0 N–H and O–H groups in total. The Morgan fingerprint density at radius 3 is 2.09 bits per heavy atom. The maximum absolute atomic E-state index is 12.9. The Kier molecular flexibility index (Phi) is 4.31. The van der Waals surface area contributed by atoms with E-state index in [0.29, 0.717) is 24.4 Å². The van der Waals surface area contributed by atoms with Gasteiger partial charge in [-0.3, -0.25) is 14.5 Å². The number of carbonyl (C=O) groups excluding carboxylic acids is 2. The van der Waals surface area contributed by atoms with Gasteiger partial charge in [0.2, 0.25) is 11.8 Å². The number of carbonyl (C=O) groups is 2. The molecule has 23 heavy (non-hydrogen) atoms. The van der Waals surface area contributed by atoms with E-state index in [1.54, 1.807) is 0 Å². The first-order chi connectivity index (χ1) is 11.2. The van der Waals surface area contributed by atoms with Crippen LogP contribution in [0.5, 0.6) is 0 Å². The maximum atomic E-state index is 12.9. The zero-order valence-electron chi connectivity index (χ0n) is 14.1. The minimum absolute atomic E-state index is 0.0452. The summed E-state index contributed by atoms with van der Waals surface area (Å²) in [7, 11) is 0. The first kappa shape index (κ1) is 15.4. The summed E-state index contributed by atoms with van der Waals surface area (Å²) < 4.78 is 0. The molecule has 1 saturated carbocycles. The summed E-state index contributed by atoms with van der Waals surface area (Å²) in [5, 5.41) is 0. The fraction of sp³-hybridized carbons (Fsp3) is 0.889. The molecule has 3 saturated heterocycles. The van der Waals surface area contributed by atoms with Crippen LogP contribution in [0.2, 0.25) is 0 Å². The average Bonchev–Trinajstić information content (AvgIpc) is 3.09. The molecule has 0 aromatic heterocycles. The molecule has 0 spiro atoms. The van der Waals surface area contributed by atoms with Crippen LogP contribution < -0.4 is 0 Å². The smallest absolute Gasteiger partial charge is 0.227 e. The number of likely N-dealkylation sites (tertiary alicyclic amines) is 3. The second-order valence-electron chi connectivity index (χ2n) is 7.87. The Morgan fingerprint density at radius 1 is 0.652 bits per heavy atom. The predicted molar refractivity (Wildman–Crippen MR) is 87.8 cm³/mol. The zero-order chi connectivity index (χ0) is 15.8. The van der Waals surface area contributed by atoms with Gasteiger partial charge in [0, 0.05) is 38.1 Å². The SMILES string of the molecule is O=C(C1CC1)N1CCCC(C(=O)N2CCC(N3CCCC3)C2)C1. The largest absolute Gasteiger partial charge is 0.342 e. The van der Waals surface area contributed by atoms with Gasteiger partial charge >= 0.3 is 0 Å². The summed E-state index contributed by atoms with van der Waals surface area (Å²) in [4.78, 5) is 31.8. The molecule has 0 radical (unpaired) electrons. The van der Waals surface area contributed by atoms with Gasteiger partial charge in [0.1, 0.15) is 0 Å². The van der Waals surface area contributed by atoms with Gasteiger partial charge in [-0.1, -0.05) is 0 Å². The third-order valence-electron chi connectivity index (χ3n) is 6.14. The zero-order valence-corrected chi connectivity index (χ0v) is 14.1. The fourth-order valence-electron chi connectivity index (χ4n) is 4.57. The number of piperidine rings is 1. The molecule has 3 heterocycles. The van der Waals surface area contributed by atoms with Crippen molar-refractivity contribution in [2.24, 2.45) is 11.8 Å². The monoisotopic (exact) mass is 319 g/mol. The van der Waals surface area contributed by atoms with Crippen LogP contribution in [-0.2, 0) is 9.59 Å². The molecule has 2 unspecified atom stereocenters. The summed E-state index contributed by atoms with van der Waals surface area (Å²) in [6.07, 6.45) is 7.80. The lowest BCUT2D eigenvalue weighted by atomic mass is 9.96. The van der Waals surface area contributed by atoms with Crippen LogP contribution in [0.3, 0.4) is 0 Å². The molecule has 4 aliphatic rings. The molecule has 128 valence electrons. The van der Waals surface area contributed by atoms with Crippen molar-refractivity contribution in [2.45, 2.75) is 51.0 Å². The second kappa shape index (κ2) is 6.42. The van der Waals surface area contributed by atoms with Crippen molar-refractivity contribution in [2.75, 3.05) is 39.3 Å². The van der Waals surface area contributed by atoms with Gasteiger partial charge < -0.3 is 9.80 Å². The molecule has 0 aromatic rings. The van der Waals surface area contributed by atoms with Gasteiger partial charge in [-0.25, -0.2) is 0 Å². The van der Waals surface area contributed by atoms with Gasteiger partial charge in [-0.05, 0) is 58.0 Å². The molecule has 1 aliphatic carbocycles. The van der Waals surface area contributed by atoms with E-state index >= 15 is 0 Å². The van der Waals surface area contributed by atoms with Crippen LogP contribution in [0.15, 0.2) is 0 Å². The van der Waals surface area contributed by atoms with E-state index in [2.05, 4.69) is 9.80 Å². The third kappa shape index (κ3) is 3.25. The fourth-order valence-corrected chi connectivity index (χ4v) is 4.57. The Morgan fingerprint density at radius 2 is 1.35 bits per heavy atom. The molecular weight excluding hydrogens is 290 g/mol. The number of amides is 2. The highest BCUT2D eigenvalue weighted by atomic mass is 16.2. The minimum Gasteiger partial charge on any atom is -0.342 e. The lowest BCUT2D eigenvalue weighted by Gasteiger charge is -2.34. The molecule has 3 aliphatic heterocycles. The highest BCUT2D eigenvalue weighted by molar-refractivity contribution is 5.83. The Hall–Kier alpha value is -1.10. The highest BCUT2D eigenvalue weighted by Gasteiger charge is 2.39.